The smallest absolute Gasteiger partial charge is 0.325 e. The second kappa shape index (κ2) is 2.62. The summed E-state index contributed by atoms with van der Waals surface area (Å²) in [6.07, 6.45) is 0. The minimum Gasteiger partial charge on any atom is -0.325 e. The normalized spacial score (nSPS) is 9.80. The Morgan fingerprint density at radius 1 is 1.80 bits per heavy atom. The highest BCUT2D eigenvalue weighted by atomic mass is 16.1. The molecule has 0 bridgehead atoms. The summed E-state index contributed by atoms with van der Waals surface area (Å²) in [5.41, 5.74) is 6.36. The van der Waals surface area contributed by atoms with Gasteiger partial charge < -0.3 is 10.7 Å². The summed E-state index contributed by atoms with van der Waals surface area (Å²) in [6.45, 7) is 2.10. The van der Waals surface area contributed by atoms with Crippen molar-refractivity contribution >= 4 is 0 Å². The molecule has 1 rings (SSSR count). The molecule has 4 heteroatoms. The van der Waals surface area contributed by atoms with Crippen LogP contribution in [0.25, 0.3) is 0 Å². The Kier molecular flexibility index (Phi) is 1.82. The van der Waals surface area contributed by atoms with E-state index in [9.17, 15) is 4.79 Å². The zero-order chi connectivity index (χ0) is 7.56. The lowest BCUT2D eigenvalue weighted by molar-refractivity contribution is 0.912. The maximum atomic E-state index is 10.6. The van der Waals surface area contributed by atoms with E-state index >= 15 is 0 Å². The highest BCUT2D eigenvalue weighted by Gasteiger charge is 1.92. The summed E-state index contributed by atoms with van der Waals surface area (Å²) in [6, 6.07) is 1.75. The van der Waals surface area contributed by atoms with Gasteiger partial charge in [-0.15, -0.1) is 0 Å². The second-order valence-corrected chi connectivity index (χ2v) is 2.06. The third-order valence-electron chi connectivity index (χ3n) is 1.14. The van der Waals surface area contributed by atoms with Gasteiger partial charge in [-0.25, -0.2) is 4.79 Å². The summed E-state index contributed by atoms with van der Waals surface area (Å²) in [7, 11) is 0. The Hall–Kier alpha value is -1.16. The van der Waals surface area contributed by atoms with Crippen LogP contribution in [0.4, 0.5) is 0 Å². The van der Waals surface area contributed by atoms with Gasteiger partial charge in [-0.2, -0.15) is 4.98 Å². The topological polar surface area (TPSA) is 71.8 Å². The van der Waals surface area contributed by atoms with Crippen LogP contribution in [0.1, 0.15) is 11.4 Å². The van der Waals surface area contributed by atoms with Crippen molar-refractivity contribution in [2.75, 3.05) is 0 Å². The van der Waals surface area contributed by atoms with Gasteiger partial charge in [0.05, 0.1) is 5.69 Å². The van der Waals surface area contributed by atoms with Crippen LogP contribution in [0.2, 0.25) is 0 Å². The summed E-state index contributed by atoms with van der Waals surface area (Å²) in [5.74, 6) is 0. The second-order valence-electron chi connectivity index (χ2n) is 2.06. The highest BCUT2D eigenvalue weighted by Crippen LogP contribution is 1.90. The predicted octanol–water partition coefficient (Wildman–Crippen LogP) is -0.463. The number of hydrogen-bond acceptors (Lipinski definition) is 3. The number of rotatable bonds is 1. The van der Waals surface area contributed by atoms with E-state index < -0.39 is 0 Å². The van der Waals surface area contributed by atoms with Gasteiger partial charge in [0.1, 0.15) is 0 Å². The van der Waals surface area contributed by atoms with Crippen LogP contribution in [-0.2, 0) is 6.54 Å². The van der Waals surface area contributed by atoms with Gasteiger partial charge in [0.2, 0.25) is 0 Å². The fourth-order valence-corrected chi connectivity index (χ4v) is 0.750. The van der Waals surface area contributed by atoms with Crippen LogP contribution in [0.5, 0.6) is 0 Å². The fourth-order valence-electron chi connectivity index (χ4n) is 0.750. The molecule has 0 amide bonds. The van der Waals surface area contributed by atoms with Crippen molar-refractivity contribution in [1.82, 2.24) is 9.97 Å². The predicted molar refractivity (Wildman–Crippen MR) is 37.5 cm³/mol. The number of aromatic nitrogens is 2. The standard InChI is InChI=1S/C6H9N3O/c1-4-2-5(3-7)9-6(10)8-4/h2H,3,7H2,1H3,(H,8,9,10). The first kappa shape index (κ1) is 6.95. The minimum atomic E-state index is -0.333. The molecule has 0 fully saturated rings. The zero-order valence-electron chi connectivity index (χ0n) is 5.72. The van der Waals surface area contributed by atoms with Gasteiger partial charge in [-0.1, -0.05) is 0 Å². The van der Waals surface area contributed by atoms with Crippen molar-refractivity contribution in [3.8, 4) is 0 Å². The number of aromatic amines is 1. The van der Waals surface area contributed by atoms with Gasteiger partial charge in [0.15, 0.2) is 0 Å². The Morgan fingerprint density at radius 2 is 2.50 bits per heavy atom. The Balaban J connectivity index is 3.19. The SMILES string of the molecule is Cc1cc(CN)nc(=O)[nH]1. The van der Waals surface area contributed by atoms with Crippen molar-refractivity contribution < 1.29 is 0 Å². The van der Waals surface area contributed by atoms with E-state index in [-0.39, 0.29) is 5.69 Å². The molecule has 10 heavy (non-hydrogen) atoms. The molecule has 0 spiro atoms. The number of nitrogens with two attached hydrogens (primary N) is 1. The van der Waals surface area contributed by atoms with Crippen LogP contribution in [0, 0.1) is 6.92 Å². The summed E-state index contributed by atoms with van der Waals surface area (Å²) in [4.78, 5) is 16.8. The summed E-state index contributed by atoms with van der Waals surface area (Å²) >= 11 is 0. The maximum Gasteiger partial charge on any atom is 0.345 e. The van der Waals surface area contributed by atoms with Crippen LogP contribution in [-0.4, -0.2) is 9.97 Å². The van der Waals surface area contributed by atoms with Crippen LogP contribution >= 0.6 is 0 Å². The van der Waals surface area contributed by atoms with Gasteiger partial charge in [-0.05, 0) is 13.0 Å². The molecule has 0 atom stereocenters. The Labute approximate surface area is 58.1 Å². The quantitative estimate of drug-likeness (QED) is 0.552. The fraction of sp³-hybridized carbons (Fsp3) is 0.333. The molecular formula is C6H9N3O. The van der Waals surface area contributed by atoms with E-state index in [2.05, 4.69) is 9.97 Å². The highest BCUT2D eigenvalue weighted by molar-refractivity contribution is 5.05. The number of nitrogens with zero attached hydrogens (tertiary/aromatic N) is 1. The zero-order valence-corrected chi connectivity index (χ0v) is 5.72. The summed E-state index contributed by atoms with van der Waals surface area (Å²) in [5, 5.41) is 0. The van der Waals surface area contributed by atoms with Crippen LogP contribution in [0.3, 0.4) is 0 Å². The lowest BCUT2D eigenvalue weighted by Crippen LogP contribution is -2.15. The first-order valence-electron chi connectivity index (χ1n) is 2.99. The third kappa shape index (κ3) is 1.41. The largest absolute Gasteiger partial charge is 0.345 e. The van der Waals surface area contributed by atoms with Crippen molar-refractivity contribution in [3.05, 3.63) is 27.9 Å². The van der Waals surface area contributed by atoms with Gasteiger partial charge in [0, 0.05) is 12.2 Å². The molecule has 0 radical (unpaired) electrons. The van der Waals surface area contributed by atoms with E-state index in [1.165, 1.54) is 0 Å². The third-order valence-corrected chi connectivity index (χ3v) is 1.14. The molecule has 0 aliphatic rings. The number of H-pyrrole nitrogens is 1. The molecule has 4 nitrogen and oxygen atoms in total. The summed E-state index contributed by atoms with van der Waals surface area (Å²) < 4.78 is 0. The van der Waals surface area contributed by atoms with Crippen molar-refractivity contribution in [2.45, 2.75) is 13.5 Å². The molecule has 1 heterocycles. The van der Waals surface area contributed by atoms with Gasteiger partial charge in [0.25, 0.3) is 0 Å². The molecule has 0 saturated carbocycles. The average molecular weight is 139 g/mol. The minimum absolute atomic E-state index is 0.310. The average Bonchev–Trinajstić information content (AvgIpc) is 1.85. The number of nitrogens with one attached hydrogen (secondary N) is 1. The maximum absolute atomic E-state index is 10.6. The van der Waals surface area contributed by atoms with Crippen molar-refractivity contribution in [3.63, 3.8) is 0 Å². The molecule has 1 aromatic rings. The van der Waals surface area contributed by atoms with Crippen molar-refractivity contribution in [1.29, 1.82) is 0 Å². The number of aryl methyl sites for hydroxylation is 1. The molecule has 1 aromatic heterocycles. The van der Waals surface area contributed by atoms with E-state index in [0.29, 0.717) is 12.2 Å². The first-order valence-corrected chi connectivity index (χ1v) is 2.99. The number of hydrogen-bond donors (Lipinski definition) is 2. The van der Waals surface area contributed by atoms with E-state index in [1.807, 2.05) is 0 Å². The lowest BCUT2D eigenvalue weighted by atomic mass is 10.3. The first-order chi connectivity index (χ1) is 4.72. The Morgan fingerprint density at radius 3 is 3.00 bits per heavy atom. The van der Waals surface area contributed by atoms with E-state index in [4.69, 9.17) is 5.73 Å². The van der Waals surface area contributed by atoms with Crippen LogP contribution < -0.4 is 11.4 Å². The van der Waals surface area contributed by atoms with E-state index in [0.717, 1.165) is 5.69 Å². The van der Waals surface area contributed by atoms with Gasteiger partial charge >= 0.3 is 5.69 Å². The Bertz CT molecular complexity index is 279. The molecule has 0 saturated heterocycles. The lowest BCUT2D eigenvalue weighted by Gasteiger charge is -1.94. The molecule has 0 aliphatic carbocycles. The van der Waals surface area contributed by atoms with Gasteiger partial charge in [-0.3, -0.25) is 0 Å². The molecular weight excluding hydrogens is 130 g/mol. The molecule has 0 aromatic carbocycles. The van der Waals surface area contributed by atoms with Crippen LogP contribution in [0.15, 0.2) is 10.9 Å². The molecule has 54 valence electrons. The molecule has 0 unspecified atom stereocenters. The monoisotopic (exact) mass is 139 g/mol. The van der Waals surface area contributed by atoms with Crippen molar-refractivity contribution in [2.24, 2.45) is 5.73 Å². The molecule has 0 aliphatic heterocycles. The van der Waals surface area contributed by atoms with E-state index in [1.54, 1.807) is 13.0 Å². The molecule has 3 N–H and O–H groups in total.